The molecule has 1 aliphatic carbocycles. The first kappa shape index (κ1) is 30.5. The fourth-order valence-electron chi connectivity index (χ4n) is 6.55. The van der Waals surface area contributed by atoms with Crippen LogP contribution in [0.2, 0.25) is 0 Å². The molecule has 0 aromatic rings. The van der Waals surface area contributed by atoms with E-state index in [-0.39, 0.29) is 33.5 Å². The maximum absolute atomic E-state index is 13.9. The molecule has 0 aromatic heterocycles. The van der Waals surface area contributed by atoms with Gasteiger partial charge in [0.2, 0.25) is 5.91 Å². The molecule has 1 amide bonds. The van der Waals surface area contributed by atoms with Gasteiger partial charge in [0.25, 0.3) is 0 Å². The van der Waals surface area contributed by atoms with E-state index in [2.05, 4.69) is 107 Å². The molecule has 196 valence electrons. The molecule has 0 radical (unpaired) electrons. The molecule has 3 nitrogen and oxygen atoms in total. The van der Waals surface area contributed by atoms with Gasteiger partial charge in [0.15, 0.2) is 0 Å². The third kappa shape index (κ3) is 8.25. The zero-order chi connectivity index (χ0) is 26.0. The van der Waals surface area contributed by atoms with Gasteiger partial charge in [0.05, 0.1) is 0 Å². The number of hydrogen-bond donors (Lipinski definition) is 0. The van der Waals surface area contributed by atoms with Gasteiger partial charge in [-0.15, -0.1) is 0 Å². The zero-order valence-electron chi connectivity index (χ0n) is 25.1. The molecule has 0 aliphatic heterocycles. The van der Waals surface area contributed by atoms with Crippen LogP contribution in [0.25, 0.3) is 0 Å². The second-order valence-electron chi connectivity index (χ2n) is 14.9. The van der Waals surface area contributed by atoms with Gasteiger partial charge in [-0.2, -0.15) is 0 Å². The van der Waals surface area contributed by atoms with Crippen LogP contribution in [-0.4, -0.2) is 44.4 Å². The second-order valence-corrected chi connectivity index (χ2v) is 14.9. The maximum atomic E-state index is 13.9. The van der Waals surface area contributed by atoms with Crippen LogP contribution in [0.3, 0.4) is 0 Å². The monoisotopic (exact) mass is 464 g/mol. The Morgan fingerprint density at radius 2 is 1.18 bits per heavy atom. The molecule has 0 aromatic carbocycles. The van der Waals surface area contributed by atoms with Crippen molar-refractivity contribution in [2.45, 2.75) is 164 Å². The van der Waals surface area contributed by atoms with Crippen LogP contribution >= 0.6 is 0 Å². The third-order valence-corrected chi connectivity index (χ3v) is 7.97. The van der Waals surface area contributed by atoms with E-state index in [0.29, 0.717) is 0 Å². The highest BCUT2D eigenvalue weighted by molar-refractivity contribution is 5.83. The number of nitrogens with zero attached hydrogens (tertiary/aromatic N) is 2. The quantitative estimate of drug-likeness (QED) is 0.307. The lowest BCUT2D eigenvalue weighted by atomic mass is 9.76. The minimum absolute atomic E-state index is 0.109. The Hall–Kier alpha value is -0.570. The largest absolute Gasteiger partial charge is 0.333 e. The molecule has 0 saturated heterocycles. The minimum Gasteiger partial charge on any atom is -0.333 e. The summed E-state index contributed by atoms with van der Waals surface area (Å²) in [4.78, 5) is 18.7. The molecule has 33 heavy (non-hydrogen) atoms. The first-order valence-corrected chi connectivity index (χ1v) is 13.8. The smallest absolute Gasteiger partial charge is 0.229 e. The third-order valence-electron chi connectivity index (χ3n) is 7.97. The summed E-state index contributed by atoms with van der Waals surface area (Å²) < 4.78 is 0. The van der Waals surface area contributed by atoms with Crippen molar-refractivity contribution in [2.75, 3.05) is 6.54 Å². The molecular formula is C30H60N2O. The molecular weight excluding hydrogens is 404 g/mol. The Morgan fingerprint density at radius 3 is 1.58 bits per heavy atom. The molecule has 1 rings (SSSR count). The van der Waals surface area contributed by atoms with Gasteiger partial charge in [0.1, 0.15) is 0 Å². The van der Waals surface area contributed by atoms with Crippen molar-refractivity contribution in [3.8, 4) is 0 Å². The summed E-state index contributed by atoms with van der Waals surface area (Å²) in [7, 11) is 0. The van der Waals surface area contributed by atoms with Crippen LogP contribution in [0.4, 0.5) is 0 Å². The average molecular weight is 465 g/mol. The molecule has 1 saturated carbocycles. The summed E-state index contributed by atoms with van der Waals surface area (Å²) in [6.45, 7) is 32.5. The topological polar surface area (TPSA) is 23.6 Å². The average Bonchev–Trinajstić information content (AvgIpc) is 3.34. The fourth-order valence-corrected chi connectivity index (χ4v) is 6.55. The predicted molar refractivity (Wildman–Crippen MR) is 146 cm³/mol. The summed E-state index contributed by atoms with van der Waals surface area (Å²) in [6, 6.07) is 0. The Morgan fingerprint density at radius 1 is 0.697 bits per heavy atom. The summed E-state index contributed by atoms with van der Waals surface area (Å²) in [5.41, 5.74) is -0.553. The van der Waals surface area contributed by atoms with Gasteiger partial charge in [0, 0.05) is 27.6 Å². The highest BCUT2D eigenvalue weighted by Crippen LogP contribution is 2.48. The Bertz CT molecular complexity index is 617. The van der Waals surface area contributed by atoms with Crippen molar-refractivity contribution >= 4 is 5.91 Å². The van der Waals surface area contributed by atoms with E-state index in [1.807, 2.05) is 0 Å². The summed E-state index contributed by atoms with van der Waals surface area (Å²) >= 11 is 0. The van der Waals surface area contributed by atoms with E-state index in [1.165, 1.54) is 32.1 Å². The standard InChI is InChI=1S/C30H60N2O/c1-15-17-23-22-24(23)18-19-30(14,31(16-2)26(3,4)5)21-20-29(12,13)25(33)32(27(6,7)8)28(9,10)11/h23-24H,15-22H2,1-14H3. The van der Waals surface area contributed by atoms with Crippen LogP contribution in [0.1, 0.15) is 142 Å². The van der Waals surface area contributed by atoms with Crippen LogP contribution < -0.4 is 0 Å². The first-order chi connectivity index (χ1) is 14.7. The van der Waals surface area contributed by atoms with Crippen molar-refractivity contribution in [3.05, 3.63) is 0 Å². The van der Waals surface area contributed by atoms with Crippen LogP contribution in [0.5, 0.6) is 0 Å². The summed E-state index contributed by atoms with van der Waals surface area (Å²) in [5, 5.41) is 0. The molecule has 0 spiro atoms. The Balaban J connectivity index is 3.10. The van der Waals surface area contributed by atoms with Crippen molar-refractivity contribution < 1.29 is 4.79 Å². The lowest BCUT2D eigenvalue weighted by molar-refractivity contribution is -0.153. The SMILES string of the molecule is CCCC1CC1CCC(C)(CCC(C)(C)C(=O)N(C(C)(C)C)C(C)(C)C)N(CC)C(C)(C)C. The lowest BCUT2D eigenvalue weighted by Crippen LogP contribution is -2.60. The van der Waals surface area contributed by atoms with Gasteiger partial charge in [-0.3, -0.25) is 9.69 Å². The summed E-state index contributed by atoms with van der Waals surface area (Å²) in [5.74, 6) is 2.18. The lowest BCUT2D eigenvalue weighted by Gasteiger charge is -2.51. The number of hydrogen-bond acceptors (Lipinski definition) is 2. The van der Waals surface area contributed by atoms with Crippen molar-refractivity contribution in [3.63, 3.8) is 0 Å². The molecule has 3 heteroatoms. The number of amides is 1. The highest BCUT2D eigenvalue weighted by atomic mass is 16.2. The predicted octanol–water partition coefficient (Wildman–Crippen LogP) is 8.31. The highest BCUT2D eigenvalue weighted by Gasteiger charge is 2.45. The van der Waals surface area contributed by atoms with Crippen LogP contribution in [0.15, 0.2) is 0 Å². The maximum Gasteiger partial charge on any atom is 0.229 e. The Labute approximate surface area is 208 Å². The van der Waals surface area contributed by atoms with Gasteiger partial charge >= 0.3 is 0 Å². The summed E-state index contributed by atoms with van der Waals surface area (Å²) in [6.07, 6.45) is 8.69. The molecule has 3 atom stereocenters. The number of carbonyl (C=O) groups excluding carboxylic acids is 1. The van der Waals surface area contributed by atoms with E-state index in [1.54, 1.807) is 0 Å². The van der Waals surface area contributed by atoms with E-state index in [4.69, 9.17) is 0 Å². The first-order valence-electron chi connectivity index (χ1n) is 13.8. The molecule has 0 heterocycles. The molecule has 1 fully saturated rings. The van der Waals surface area contributed by atoms with E-state index in [0.717, 1.165) is 31.2 Å². The van der Waals surface area contributed by atoms with Gasteiger partial charge in [-0.1, -0.05) is 40.5 Å². The van der Waals surface area contributed by atoms with Crippen molar-refractivity contribution in [2.24, 2.45) is 17.3 Å². The second kappa shape index (κ2) is 10.6. The molecule has 3 unspecified atom stereocenters. The fraction of sp³-hybridized carbons (Fsp3) is 0.967. The Kier molecular flexibility index (Phi) is 9.77. The van der Waals surface area contributed by atoms with E-state index < -0.39 is 0 Å². The molecule has 1 aliphatic rings. The zero-order valence-corrected chi connectivity index (χ0v) is 25.1. The van der Waals surface area contributed by atoms with Crippen molar-refractivity contribution in [1.82, 2.24) is 9.80 Å². The van der Waals surface area contributed by atoms with Gasteiger partial charge in [-0.05, 0) is 120 Å². The van der Waals surface area contributed by atoms with E-state index in [9.17, 15) is 4.79 Å². The molecule has 0 N–H and O–H groups in total. The van der Waals surface area contributed by atoms with Crippen LogP contribution in [-0.2, 0) is 4.79 Å². The normalized spacial score (nSPS) is 21.8. The molecule has 0 bridgehead atoms. The van der Waals surface area contributed by atoms with Gasteiger partial charge < -0.3 is 4.90 Å². The van der Waals surface area contributed by atoms with E-state index >= 15 is 0 Å². The van der Waals surface area contributed by atoms with Gasteiger partial charge in [-0.25, -0.2) is 0 Å². The minimum atomic E-state index is -0.385. The number of rotatable bonds is 11. The van der Waals surface area contributed by atoms with Crippen LogP contribution in [0, 0.1) is 17.3 Å². The number of carbonyl (C=O) groups is 1. The van der Waals surface area contributed by atoms with Crippen molar-refractivity contribution in [1.29, 1.82) is 0 Å².